The van der Waals surface area contributed by atoms with Gasteiger partial charge in [0.25, 0.3) is 0 Å². The van der Waals surface area contributed by atoms with Crippen LogP contribution in [0.5, 0.6) is 0 Å². The van der Waals surface area contributed by atoms with Crippen LogP contribution in [0.2, 0.25) is 0 Å². The van der Waals surface area contributed by atoms with Gasteiger partial charge < -0.3 is 5.11 Å². The van der Waals surface area contributed by atoms with E-state index in [0.717, 1.165) is 32.4 Å². The van der Waals surface area contributed by atoms with Gasteiger partial charge in [0.05, 0.1) is 0 Å². The van der Waals surface area contributed by atoms with Gasteiger partial charge in [-0.1, -0.05) is 27.2 Å². The Kier molecular flexibility index (Phi) is 4.14. The molecule has 1 fully saturated rings. The van der Waals surface area contributed by atoms with Crippen molar-refractivity contribution >= 4 is 5.97 Å². The van der Waals surface area contributed by atoms with E-state index < -0.39 is 5.97 Å². The summed E-state index contributed by atoms with van der Waals surface area (Å²) in [5, 5.41) is 9.19. The first-order chi connectivity index (χ1) is 6.96. The molecule has 1 unspecified atom stereocenters. The number of carboxylic acid groups (broad SMARTS) is 1. The molecule has 1 heterocycles. The molecule has 88 valence electrons. The number of hydrogen-bond donors (Lipinski definition) is 1. The number of carboxylic acids is 1. The van der Waals surface area contributed by atoms with E-state index in [4.69, 9.17) is 0 Å². The number of rotatable bonds is 4. The summed E-state index contributed by atoms with van der Waals surface area (Å²) in [6.07, 6.45) is 4.04. The van der Waals surface area contributed by atoms with Crippen LogP contribution in [0.1, 0.15) is 46.5 Å². The first-order valence-corrected chi connectivity index (χ1v) is 5.93. The summed E-state index contributed by atoms with van der Waals surface area (Å²) in [6.45, 7) is 8.36. The Hall–Kier alpha value is -0.570. The topological polar surface area (TPSA) is 40.5 Å². The van der Waals surface area contributed by atoms with E-state index in [2.05, 4.69) is 18.7 Å². The first kappa shape index (κ1) is 12.5. The van der Waals surface area contributed by atoms with Gasteiger partial charge in [-0.25, -0.2) is 0 Å². The summed E-state index contributed by atoms with van der Waals surface area (Å²) < 4.78 is 0. The fraction of sp³-hybridized carbons (Fsp3) is 0.917. The number of likely N-dealkylation sites (tertiary alicyclic amines) is 1. The predicted octanol–water partition coefficient (Wildman–Crippen LogP) is 2.36. The van der Waals surface area contributed by atoms with Crippen LogP contribution in [0, 0.1) is 5.41 Å². The lowest BCUT2D eigenvalue weighted by Gasteiger charge is -2.40. The number of carbonyl (C=O) groups is 1. The lowest BCUT2D eigenvalue weighted by atomic mass is 9.83. The highest BCUT2D eigenvalue weighted by Crippen LogP contribution is 2.30. The molecule has 3 nitrogen and oxygen atoms in total. The van der Waals surface area contributed by atoms with Crippen molar-refractivity contribution in [2.45, 2.75) is 52.5 Å². The van der Waals surface area contributed by atoms with Gasteiger partial charge in [-0.05, 0) is 31.2 Å². The minimum atomic E-state index is -0.658. The zero-order valence-corrected chi connectivity index (χ0v) is 10.1. The molecule has 0 radical (unpaired) electrons. The molecule has 15 heavy (non-hydrogen) atoms. The molecule has 0 amide bonds. The molecule has 1 atom stereocenters. The van der Waals surface area contributed by atoms with Gasteiger partial charge in [-0.2, -0.15) is 0 Å². The fourth-order valence-corrected chi connectivity index (χ4v) is 2.47. The fourth-order valence-electron chi connectivity index (χ4n) is 2.47. The minimum absolute atomic E-state index is 0.269. The van der Waals surface area contributed by atoms with E-state index in [-0.39, 0.29) is 11.5 Å². The van der Waals surface area contributed by atoms with Gasteiger partial charge in [-0.15, -0.1) is 0 Å². The zero-order valence-electron chi connectivity index (χ0n) is 10.1. The molecule has 0 bridgehead atoms. The predicted molar refractivity (Wildman–Crippen MR) is 60.9 cm³/mol. The maximum atomic E-state index is 11.2. The Labute approximate surface area is 92.5 Å². The van der Waals surface area contributed by atoms with E-state index in [9.17, 15) is 9.90 Å². The Balaban J connectivity index is 2.63. The van der Waals surface area contributed by atoms with Crippen molar-refractivity contribution in [2.75, 3.05) is 13.1 Å². The highest BCUT2D eigenvalue weighted by molar-refractivity contribution is 5.73. The van der Waals surface area contributed by atoms with E-state index in [1.807, 2.05) is 6.92 Å². The number of nitrogens with zero attached hydrogens (tertiary/aromatic N) is 1. The molecule has 1 rings (SSSR count). The van der Waals surface area contributed by atoms with Crippen LogP contribution >= 0.6 is 0 Å². The zero-order chi connectivity index (χ0) is 11.5. The number of aliphatic carboxylic acids is 1. The lowest BCUT2D eigenvalue weighted by Crippen LogP contribution is -2.49. The lowest BCUT2D eigenvalue weighted by molar-refractivity contribution is -0.144. The molecular formula is C12H23NO2. The van der Waals surface area contributed by atoms with Crippen molar-refractivity contribution in [3.05, 3.63) is 0 Å². The molecule has 0 aromatic heterocycles. The summed E-state index contributed by atoms with van der Waals surface area (Å²) >= 11 is 0. The van der Waals surface area contributed by atoms with E-state index >= 15 is 0 Å². The monoisotopic (exact) mass is 213 g/mol. The van der Waals surface area contributed by atoms with Gasteiger partial charge >= 0.3 is 5.97 Å². The van der Waals surface area contributed by atoms with Crippen LogP contribution in [-0.2, 0) is 4.79 Å². The number of piperidine rings is 1. The summed E-state index contributed by atoms with van der Waals surface area (Å²) in [5.41, 5.74) is 0.277. The summed E-state index contributed by atoms with van der Waals surface area (Å²) in [7, 11) is 0. The molecule has 0 aromatic rings. The average Bonchev–Trinajstić information content (AvgIpc) is 2.11. The molecule has 0 aromatic carbocycles. The van der Waals surface area contributed by atoms with Crippen molar-refractivity contribution < 1.29 is 9.90 Å². The summed E-state index contributed by atoms with van der Waals surface area (Å²) in [6, 6.07) is -0.269. The van der Waals surface area contributed by atoms with E-state index in [1.165, 1.54) is 6.42 Å². The number of hydrogen-bond acceptors (Lipinski definition) is 2. The molecule has 0 spiro atoms. The third-order valence-corrected chi connectivity index (χ3v) is 3.22. The van der Waals surface area contributed by atoms with Gasteiger partial charge in [0.15, 0.2) is 0 Å². The summed E-state index contributed by atoms with van der Waals surface area (Å²) in [5.74, 6) is -0.658. The maximum absolute atomic E-state index is 11.2. The molecule has 1 saturated heterocycles. The largest absolute Gasteiger partial charge is 0.480 e. The molecule has 3 heteroatoms. The molecule has 0 saturated carbocycles. The minimum Gasteiger partial charge on any atom is -0.480 e. The second-order valence-corrected chi connectivity index (χ2v) is 5.38. The molecule has 1 N–H and O–H groups in total. The quantitative estimate of drug-likeness (QED) is 0.779. The average molecular weight is 213 g/mol. The smallest absolute Gasteiger partial charge is 0.320 e. The van der Waals surface area contributed by atoms with Gasteiger partial charge in [-0.3, -0.25) is 9.69 Å². The maximum Gasteiger partial charge on any atom is 0.320 e. The highest BCUT2D eigenvalue weighted by Gasteiger charge is 2.33. The molecule has 1 aliphatic rings. The molecule has 0 aliphatic carbocycles. The summed E-state index contributed by atoms with van der Waals surface area (Å²) in [4.78, 5) is 13.3. The van der Waals surface area contributed by atoms with Crippen molar-refractivity contribution in [2.24, 2.45) is 5.41 Å². The van der Waals surface area contributed by atoms with Gasteiger partial charge in [0.1, 0.15) is 6.04 Å². The molecular weight excluding hydrogens is 190 g/mol. The van der Waals surface area contributed by atoms with Crippen LogP contribution < -0.4 is 0 Å². The van der Waals surface area contributed by atoms with Gasteiger partial charge in [0.2, 0.25) is 0 Å². The third-order valence-electron chi connectivity index (χ3n) is 3.22. The Morgan fingerprint density at radius 1 is 1.53 bits per heavy atom. The van der Waals surface area contributed by atoms with E-state index in [0.29, 0.717) is 0 Å². The third kappa shape index (κ3) is 3.49. The Morgan fingerprint density at radius 2 is 2.20 bits per heavy atom. The van der Waals surface area contributed by atoms with Crippen molar-refractivity contribution in [1.82, 2.24) is 4.90 Å². The van der Waals surface area contributed by atoms with Crippen LogP contribution in [0.25, 0.3) is 0 Å². The normalized spacial score (nSPS) is 23.7. The van der Waals surface area contributed by atoms with Crippen LogP contribution in [-0.4, -0.2) is 35.1 Å². The standard InChI is InChI=1S/C12H23NO2/c1-4-6-10(11(14)15)13-8-5-7-12(2,3)9-13/h10H,4-9H2,1-3H3,(H,14,15). The Bertz CT molecular complexity index is 226. The highest BCUT2D eigenvalue weighted by atomic mass is 16.4. The van der Waals surface area contributed by atoms with Crippen molar-refractivity contribution in [3.8, 4) is 0 Å². The van der Waals surface area contributed by atoms with Crippen molar-refractivity contribution in [1.29, 1.82) is 0 Å². The first-order valence-electron chi connectivity index (χ1n) is 5.93. The van der Waals surface area contributed by atoms with Crippen LogP contribution in [0.15, 0.2) is 0 Å². The SMILES string of the molecule is CCCC(C(=O)O)N1CCCC(C)(C)C1. The van der Waals surface area contributed by atoms with Crippen molar-refractivity contribution in [3.63, 3.8) is 0 Å². The van der Waals surface area contributed by atoms with Crippen LogP contribution in [0.3, 0.4) is 0 Å². The Morgan fingerprint density at radius 3 is 2.67 bits per heavy atom. The van der Waals surface area contributed by atoms with E-state index in [1.54, 1.807) is 0 Å². The second kappa shape index (κ2) is 4.97. The van der Waals surface area contributed by atoms with Crippen LogP contribution in [0.4, 0.5) is 0 Å². The second-order valence-electron chi connectivity index (χ2n) is 5.38. The molecule has 1 aliphatic heterocycles. The van der Waals surface area contributed by atoms with Gasteiger partial charge in [0, 0.05) is 6.54 Å².